The summed E-state index contributed by atoms with van der Waals surface area (Å²) in [5.41, 5.74) is 7.65. The zero-order chi connectivity index (χ0) is 39.6. The van der Waals surface area contributed by atoms with Crippen LogP contribution in [0, 0.1) is 30.4 Å². The van der Waals surface area contributed by atoms with Crippen LogP contribution in [0.2, 0.25) is 0 Å². The van der Waals surface area contributed by atoms with Crippen molar-refractivity contribution in [3.63, 3.8) is 0 Å². The first-order valence-electron chi connectivity index (χ1n) is 19.1. The average molecular weight is 947 g/mol. The second-order valence-electron chi connectivity index (χ2n) is 16.6. The van der Waals surface area contributed by atoms with Gasteiger partial charge in [0.15, 0.2) is 0 Å². The largest absolute Gasteiger partial charge is 0.509 e. The van der Waals surface area contributed by atoms with Crippen LogP contribution in [0.4, 0.5) is 31.5 Å². The summed E-state index contributed by atoms with van der Waals surface area (Å²) in [5, 5.41) is 2.11. The van der Waals surface area contributed by atoms with Gasteiger partial charge in [-0.3, -0.25) is 0 Å². The molecule has 8 aromatic rings. The first-order valence-corrected chi connectivity index (χ1v) is 19.1. The fourth-order valence-corrected chi connectivity index (χ4v) is 7.53. The third-order valence-electron chi connectivity index (χ3n) is 10.6. The van der Waals surface area contributed by atoms with Crippen LogP contribution in [0.25, 0.3) is 38.8 Å². The molecule has 2 aromatic heterocycles. The van der Waals surface area contributed by atoms with Gasteiger partial charge in [-0.2, -0.15) is 6.07 Å². The van der Waals surface area contributed by atoms with Crippen molar-refractivity contribution >= 4 is 44.6 Å². The molecular weight excluding hydrogens is 906 g/mol. The van der Waals surface area contributed by atoms with Crippen molar-refractivity contribution in [3.05, 3.63) is 175 Å². The summed E-state index contributed by atoms with van der Waals surface area (Å²) in [7, 11) is 0. The van der Waals surface area contributed by atoms with E-state index in [-0.39, 0.29) is 37.6 Å². The van der Waals surface area contributed by atoms with Crippen LogP contribution in [0.3, 0.4) is 0 Å². The topological polar surface area (TPSA) is 33.5 Å². The van der Waals surface area contributed by atoms with E-state index in [4.69, 9.17) is 4.74 Å². The summed E-state index contributed by atoms with van der Waals surface area (Å²) in [6.07, 6.45) is 1.78. The van der Waals surface area contributed by atoms with E-state index in [0.29, 0.717) is 22.9 Å². The van der Waals surface area contributed by atoms with Crippen LogP contribution >= 0.6 is 0 Å². The van der Waals surface area contributed by atoms with Crippen LogP contribution < -0.4 is 14.5 Å². The Labute approximate surface area is 352 Å². The van der Waals surface area contributed by atoms with Crippen LogP contribution in [0.1, 0.15) is 52.7 Å². The molecule has 0 unspecified atom stereocenters. The molecule has 0 N–H and O–H groups in total. The zero-order valence-electron chi connectivity index (χ0n) is 33.0. The number of rotatable bonds is 6. The fourth-order valence-electron chi connectivity index (χ4n) is 7.53. The molecule has 0 aliphatic carbocycles. The number of pyridine rings is 1. The van der Waals surface area contributed by atoms with Crippen molar-refractivity contribution in [2.75, 3.05) is 9.80 Å². The van der Waals surface area contributed by atoms with Crippen molar-refractivity contribution in [1.29, 1.82) is 0 Å². The van der Waals surface area contributed by atoms with Gasteiger partial charge < -0.3 is 19.1 Å². The van der Waals surface area contributed by atoms with Crippen LogP contribution in [0.5, 0.6) is 11.5 Å². The number of aromatic nitrogens is 2. The molecule has 0 saturated heterocycles. The van der Waals surface area contributed by atoms with Crippen molar-refractivity contribution in [1.82, 2.24) is 9.55 Å². The van der Waals surface area contributed by atoms with E-state index in [9.17, 15) is 0 Å². The monoisotopic (exact) mass is 946 g/mol. The summed E-state index contributed by atoms with van der Waals surface area (Å²) >= 11 is 0. The molecule has 5 nitrogen and oxygen atoms in total. The average Bonchev–Trinajstić information content (AvgIpc) is 3.73. The Morgan fingerprint density at radius 1 is 0.603 bits per heavy atom. The SMILES string of the molecule is CC(C)(C)c1ccc(-c2cc(Oc3[c-]c4c(cc3)c3ccccc3n4-c3ccccn3)[c-]c(N3[CH-]N(c4c(F)cccc4F)c4cc(C(C)(C)C)ccc43)c2)cc1.[Pt]. The number of fused-ring (bicyclic) bond motifs is 4. The summed E-state index contributed by atoms with van der Waals surface area (Å²) < 4.78 is 39.8. The van der Waals surface area contributed by atoms with E-state index in [1.807, 2.05) is 65.6 Å². The van der Waals surface area contributed by atoms with Crippen LogP contribution in [-0.4, -0.2) is 9.55 Å². The number of nitrogens with zero attached hydrogens (tertiary/aromatic N) is 4. The predicted molar refractivity (Wildman–Crippen MR) is 227 cm³/mol. The Morgan fingerprint density at radius 2 is 1.31 bits per heavy atom. The van der Waals surface area contributed by atoms with Crippen molar-refractivity contribution < 1.29 is 34.6 Å². The Balaban J connectivity index is 0.00000469. The van der Waals surface area contributed by atoms with E-state index in [2.05, 4.69) is 112 Å². The van der Waals surface area contributed by atoms with Crippen molar-refractivity contribution in [2.24, 2.45) is 0 Å². The fraction of sp³-hybridized carbons (Fsp3) is 0.160. The molecule has 9 rings (SSSR count). The second-order valence-corrected chi connectivity index (χ2v) is 16.6. The minimum atomic E-state index is -0.657. The molecule has 0 saturated carbocycles. The molecule has 58 heavy (non-hydrogen) atoms. The third-order valence-corrected chi connectivity index (χ3v) is 10.6. The van der Waals surface area contributed by atoms with E-state index in [1.165, 1.54) is 23.8 Å². The van der Waals surface area contributed by atoms with Gasteiger partial charge in [-0.15, -0.1) is 53.6 Å². The molecule has 294 valence electrons. The van der Waals surface area contributed by atoms with Crippen LogP contribution in [0.15, 0.2) is 134 Å². The molecule has 0 fully saturated rings. The minimum Gasteiger partial charge on any atom is -0.509 e. The number of hydrogen-bond donors (Lipinski definition) is 0. The quantitative estimate of drug-likeness (QED) is 0.156. The predicted octanol–water partition coefficient (Wildman–Crippen LogP) is 13.5. The normalized spacial score (nSPS) is 12.9. The molecule has 0 spiro atoms. The Morgan fingerprint density at radius 3 is 2.02 bits per heavy atom. The van der Waals surface area contributed by atoms with Gasteiger partial charge >= 0.3 is 0 Å². The Kier molecular flexibility index (Phi) is 10.0. The summed E-state index contributed by atoms with van der Waals surface area (Å²) in [4.78, 5) is 8.18. The van der Waals surface area contributed by atoms with E-state index in [1.54, 1.807) is 17.8 Å². The van der Waals surface area contributed by atoms with Gasteiger partial charge in [-0.05, 0) is 75.4 Å². The summed E-state index contributed by atoms with van der Waals surface area (Å²) in [5.74, 6) is 0.418. The molecule has 1 aliphatic heterocycles. The van der Waals surface area contributed by atoms with E-state index >= 15 is 8.78 Å². The van der Waals surface area contributed by atoms with Gasteiger partial charge in [0.1, 0.15) is 17.5 Å². The number of hydrogen-bond acceptors (Lipinski definition) is 4. The molecule has 3 heterocycles. The van der Waals surface area contributed by atoms with Gasteiger partial charge in [-0.25, -0.2) is 13.8 Å². The van der Waals surface area contributed by atoms with Crippen LogP contribution in [-0.2, 0) is 31.9 Å². The maximum Gasteiger partial charge on any atom is 0.147 e. The molecule has 0 amide bonds. The first-order chi connectivity index (χ1) is 27.3. The Bertz CT molecular complexity index is 2780. The van der Waals surface area contributed by atoms with Gasteiger partial charge in [0.05, 0.1) is 5.69 Å². The maximum absolute atomic E-state index is 15.5. The summed E-state index contributed by atoms with van der Waals surface area (Å²) in [6, 6.07) is 47.7. The third kappa shape index (κ3) is 7.07. The molecule has 0 radical (unpaired) electrons. The minimum absolute atomic E-state index is 0. The second kappa shape index (κ2) is 14.9. The van der Waals surface area contributed by atoms with Gasteiger partial charge in [0.2, 0.25) is 0 Å². The standard InChI is InChI=1S/C50H41F2N4O.Pt/c1-49(2,3)34-19-17-32(18-20-34)33-26-36(54-31-55(48-41(51)13-11-14-42(48)52)46-28-35(50(4,5)6)21-24-44(46)54)29-38(27-33)57-37-22-23-40-39-12-7-8-15-43(39)56(45(40)30-37)47-16-9-10-25-53-47;/h7-28,31H,1-6H3;/q-3;. The molecular formula is C50H41F2N4OPt-3. The van der Waals surface area contributed by atoms with Gasteiger partial charge in [0, 0.05) is 55.7 Å². The molecule has 8 heteroatoms. The maximum atomic E-state index is 15.5. The van der Waals surface area contributed by atoms with E-state index in [0.717, 1.165) is 50.0 Å². The number of benzene rings is 6. The first kappa shape index (κ1) is 39.1. The molecule has 0 bridgehead atoms. The molecule has 0 atom stereocenters. The zero-order valence-corrected chi connectivity index (χ0v) is 35.3. The molecule has 6 aromatic carbocycles. The van der Waals surface area contributed by atoms with E-state index < -0.39 is 11.6 Å². The summed E-state index contributed by atoms with van der Waals surface area (Å²) in [6.45, 7) is 14.7. The van der Waals surface area contributed by atoms with Crippen molar-refractivity contribution in [3.8, 4) is 28.4 Å². The number of halogens is 2. The Hall–Kier alpha value is -5.78. The molecule has 1 aliphatic rings. The number of para-hydroxylation sites is 2. The van der Waals surface area contributed by atoms with Gasteiger partial charge in [-0.1, -0.05) is 108 Å². The number of ether oxygens (including phenoxy) is 1. The van der Waals surface area contributed by atoms with Crippen molar-refractivity contribution in [2.45, 2.75) is 52.4 Å². The number of anilines is 4. The van der Waals surface area contributed by atoms with Gasteiger partial charge in [0.25, 0.3) is 0 Å². The smallest absolute Gasteiger partial charge is 0.147 e.